The maximum absolute atomic E-state index is 4.44. The van der Waals surface area contributed by atoms with Gasteiger partial charge in [-0.05, 0) is 17.4 Å². The molecule has 2 saturated heterocycles. The molecule has 0 saturated carbocycles. The highest BCUT2D eigenvalue weighted by Gasteiger charge is 2.40. The third kappa shape index (κ3) is 2.34. The van der Waals surface area contributed by atoms with Crippen molar-refractivity contribution in [3.8, 4) is 0 Å². The fourth-order valence-corrected chi connectivity index (χ4v) is 4.25. The molecule has 2 aromatic rings. The molecule has 2 atom stereocenters. The first-order chi connectivity index (χ1) is 9.88. The van der Waals surface area contributed by atoms with Gasteiger partial charge >= 0.3 is 0 Å². The van der Waals surface area contributed by atoms with Crippen LogP contribution in [-0.4, -0.2) is 36.1 Å². The number of hydrogen-bond donors (Lipinski definition) is 0. The van der Waals surface area contributed by atoms with Crippen LogP contribution in [0.4, 0.5) is 5.13 Å². The minimum atomic E-state index is 0.822. The first-order valence-electron chi connectivity index (χ1n) is 7.29. The molecule has 104 valence electrons. The lowest BCUT2D eigenvalue weighted by Crippen LogP contribution is -2.28. The second kappa shape index (κ2) is 5.19. The third-order valence-electron chi connectivity index (χ3n) is 4.50. The Labute approximate surface area is 123 Å². The van der Waals surface area contributed by atoms with Crippen molar-refractivity contribution < 1.29 is 0 Å². The Morgan fingerprint density at radius 3 is 2.45 bits per heavy atom. The molecule has 0 bridgehead atoms. The predicted molar refractivity (Wildman–Crippen MR) is 83.0 cm³/mol. The molecule has 3 nitrogen and oxygen atoms in total. The van der Waals surface area contributed by atoms with Gasteiger partial charge in [0.05, 0.1) is 0 Å². The predicted octanol–water partition coefficient (Wildman–Crippen LogP) is 2.71. The summed E-state index contributed by atoms with van der Waals surface area (Å²) in [5, 5.41) is 3.28. The average molecular weight is 285 g/mol. The molecule has 20 heavy (non-hydrogen) atoms. The molecule has 0 aliphatic carbocycles. The summed E-state index contributed by atoms with van der Waals surface area (Å²) in [7, 11) is 0. The maximum Gasteiger partial charge on any atom is 0.185 e. The van der Waals surface area contributed by atoms with Crippen LogP contribution in [0.5, 0.6) is 0 Å². The van der Waals surface area contributed by atoms with E-state index in [4.69, 9.17) is 0 Å². The zero-order valence-corrected chi connectivity index (χ0v) is 12.3. The van der Waals surface area contributed by atoms with Gasteiger partial charge in [0.15, 0.2) is 5.13 Å². The van der Waals surface area contributed by atoms with Gasteiger partial charge in [-0.15, -0.1) is 11.3 Å². The number of fused-ring (bicyclic) bond motifs is 1. The number of anilines is 1. The number of benzene rings is 1. The molecule has 3 heterocycles. The van der Waals surface area contributed by atoms with Crippen LogP contribution in [0.25, 0.3) is 0 Å². The molecule has 2 aliphatic rings. The van der Waals surface area contributed by atoms with Gasteiger partial charge in [0.25, 0.3) is 0 Å². The largest absolute Gasteiger partial charge is 0.347 e. The van der Waals surface area contributed by atoms with Gasteiger partial charge in [-0.2, -0.15) is 0 Å². The smallest absolute Gasteiger partial charge is 0.185 e. The molecule has 0 amide bonds. The number of likely N-dealkylation sites (tertiary alicyclic amines) is 1. The Balaban J connectivity index is 1.37. The molecule has 0 spiro atoms. The monoisotopic (exact) mass is 285 g/mol. The van der Waals surface area contributed by atoms with Crippen LogP contribution in [0.3, 0.4) is 0 Å². The normalized spacial score (nSPS) is 26.1. The molecular weight excluding hydrogens is 266 g/mol. The highest BCUT2D eigenvalue weighted by atomic mass is 32.1. The molecular formula is C16H19N3S. The van der Waals surface area contributed by atoms with Crippen LogP contribution < -0.4 is 4.90 Å². The molecule has 0 N–H and O–H groups in total. The Hall–Kier alpha value is -1.39. The number of aromatic nitrogens is 1. The Kier molecular flexibility index (Phi) is 3.20. The second-order valence-corrected chi connectivity index (χ2v) is 6.79. The molecule has 0 unspecified atom stereocenters. The Morgan fingerprint density at radius 1 is 1.05 bits per heavy atom. The van der Waals surface area contributed by atoms with Crippen molar-refractivity contribution >= 4 is 16.5 Å². The SMILES string of the molecule is c1ccc(CN2C[C@@H]3CN(c4nccs4)C[C@H]3C2)cc1. The highest BCUT2D eigenvalue weighted by molar-refractivity contribution is 7.13. The van der Waals surface area contributed by atoms with Crippen LogP contribution in [0, 0.1) is 11.8 Å². The fraction of sp³-hybridized carbons (Fsp3) is 0.438. The summed E-state index contributed by atoms with van der Waals surface area (Å²) < 4.78 is 0. The molecule has 4 heteroatoms. The van der Waals surface area contributed by atoms with Crippen LogP contribution in [0.1, 0.15) is 5.56 Å². The van der Waals surface area contributed by atoms with Gasteiger partial charge in [0, 0.05) is 44.3 Å². The van der Waals surface area contributed by atoms with Crippen LogP contribution in [0.2, 0.25) is 0 Å². The van der Waals surface area contributed by atoms with E-state index >= 15 is 0 Å². The van der Waals surface area contributed by atoms with Crippen molar-refractivity contribution in [2.75, 3.05) is 31.1 Å². The van der Waals surface area contributed by atoms with Gasteiger partial charge in [0.1, 0.15) is 0 Å². The summed E-state index contributed by atoms with van der Waals surface area (Å²) >= 11 is 1.76. The zero-order valence-electron chi connectivity index (χ0n) is 11.5. The summed E-state index contributed by atoms with van der Waals surface area (Å²) in [4.78, 5) is 9.53. The molecule has 4 rings (SSSR count). The quantitative estimate of drug-likeness (QED) is 0.864. The van der Waals surface area contributed by atoms with Crippen molar-refractivity contribution in [2.24, 2.45) is 11.8 Å². The fourth-order valence-electron chi connectivity index (χ4n) is 3.59. The van der Waals surface area contributed by atoms with E-state index in [2.05, 4.69) is 50.5 Å². The molecule has 0 radical (unpaired) electrons. The average Bonchev–Trinajstić information content (AvgIpc) is 3.13. The van der Waals surface area contributed by atoms with Crippen LogP contribution >= 0.6 is 11.3 Å². The molecule has 1 aromatic carbocycles. The van der Waals surface area contributed by atoms with Gasteiger partial charge in [-0.1, -0.05) is 30.3 Å². The van der Waals surface area contributed by atoms with E-state index in [0.717, 1.165) is 18.4 Å². The lowest BCUT2D eigenvalue weighted by molar-refractivity contribution is 0.309. The second-order valence-electron chi connectivity index (χ2n) is 5.92. The van der Waals surface area contributed by atoms with Crippen molar-refractivity contribution in [3.05, 3.63) is 47.5 Å². The van der Waals surface area contributed by atoms with Crippen LogP contribution in [-0.2, 0) is 6.54 Å². The maximum atomic E-state index is 4.44. The topological polar surface area (TPSA) is 19.4 Å². The van der Waals surface area contributed by atoms with Gasteiger partial charge in [0.2, 0.25) is 0 Å². The van der Waals surface area contributed by atoms with Crippen molar-refractivity contribution in [1.29, 1.82) is 0 Å². The molecule has 2 aliphatic heterocycles. The summed E-state index contributed by atoms with van der Waals surface area (Å²) in [6.45, 7) is 5.95. The minimum Gasteiger partial charge on any atom is -0.347 e. The van der Waals surface area contributed by atoms with E-state index in [9.17, 15) is 0 Å². The van der Waals surface area contributed by atoms with Gasteiger partial charge in [-0.25, -0.2) is 4.98 Å². The summed E-state index contributed by atoms with van der Waals surface area (Å²) in [5.41, 5.74) is 1.43. The minimum absolute atomic E-state index is 0.822. The van der Waals surface area contributed by atoms with Gasteiger partial charge in [-0.3, -0.25) is 4.90 Å². The first kappa shape index (κ1) is 12.4. The third-order valence-corrected chi connectivity index (χ3v) is 5.33. The van der Waals surface area contributed by atoms with E-state index in [-0.39, 0.29) is 0 Å². The van der Waals surface area contributed by atoms with E-state index < -0.39 is 0 Å². The lowest BCUT2D eigenvalue weighted by atomic mass is 10.0. The van der Waals surface area contributed by atoms with E-state index in [1.165, 1.54) is 36.9 Å². The zero-order chi connectivity index (χ0) is 13.4. The molecule has 2 fully saturated rings. The Morgan fingerprint density at radius 2 is 1.80 bits per heavy atom. The van der Waals surface area contributed by atoms with E-state index in [1.54, 1.807) is 11.3 Å². The number of hydrogen-bond acceptors (Lipinski definition) is 4. The first-order valence-corrected chi connectivity index (χ1v) is 8.17. The van der Waals surface area contributed by atoms with Crippen LogP contribution in [0.15, 0.2) is 41.9 Å². The summed E-state index contributed by atoms with van der Waals surface area (Å²) in [6.07, 6.45) is 1.91. The van der Waals surface area contributed by atoms with E-state index in [1.807, 2.05) is 6.20 Å². The van der Waals surface area contributed by atoms with Gasteiger partial charge < -0.3 is 4.90 Å². The summed E-state index contributed by atoms with van der Waals surface area (Å²) in [6, 6.07) is 10.8. The lowest BCUT2D eigenvalue weighted by Gasteiger charge is -2.21. The number of thiazole rings is 1. The Bertz CT molecular complexity index is 540. The summed E-state index contributed by atoms with van der Waals surface area (Å²) in [5.74, 6) is 1.64. The van der Waals surface area contributed by atoms with Crippen molar-refractivity contribution in [1.82, 2.24) is 9.88 Å². The standard InChI is InChI=1S/C16H19N3S/c1-2-4-13(5-3-1)8-18-9-14-11-19(12-15(14)10-18)16-17-6-7-20-16/h1-7,14-15H,8-12H2/t14-,15-/m1/s1. The van der Waals surface area contributed by atoms with Crippen molar-refractivity contribution in [3.63, 3.8) is 0 Å². The number of nitrogens with zero attached hydrogens (tertiary/aromatic N) is 3. The highest BCUT2D eigenvalue weighted by Crippen LogP contribution is 2.35. The molecule has 1 aromatic heterocycles. The van der Waals surface area contributed by atoms with E-state index in [0.29, 0.717) is 0 Å². The van der Waals surface area contributed by atoms with Crippen molar-refractivity contribution in [2.45, 2.75) is 6.54 Å². The number of rotatable bonds is 3.